The Bertz CT molecular complexity index is 2690. The molecule has 5 aromatic heterocycles. The van der Waals surface area contributed by atoms with Crippen LogP contribution in [0, 0.1) is 0 Å². The van der Waals surface area contributed by atoms with Crippen molar-refractivity contribution >= 4 is 81.2 Å². The van der Waals surface area contributed by atoms with Crippen molar-refractivity contribution in [2.45, 2.75) is 0 Å². The van der Waals surface area contributed by atoms with Gasteiger partial charge in [-0.2, -0.15) is 0 Å². The van der Waals surface area contributed by atoms with Crippen LogP contribution in [-0.2, 0) is 0 Å². The number of aromatic nitrogens is 5. The molecule has 0 aliphatic heterocycles. The maximum absolute atomic E-state index is 5.44. The van der Waals surface area contributed by atoms with Gasteiger partial charge in [0.1, 0.15) is 5.52 Å². The first-order valence-corrected chi connectivity index (χ1v) is 14.8. The molecular weight excluding hydrogens is 534 g/mol. The van der Waals surface area contributed by atoms with Gasteiger partial charge in [0.25, 0.3) is 0 Å². The molecule has 10 aromatic rings. The minimum absolute atomic E-state index is 0.898. The summed E-state index contributed by atoms with van der Waals surface area (Å²) in [6.45, 7) is 0. The molecule has 0 fully saturated rings. The first-order valence-electron chi connectivity index (χ1n) is 14.0. The minimum atomic E-state index is 0.898. The Balaban J connectivity index is 1.42. The summed E-state index contributed by atoms with van der Waals surface area (Å²) >= 11 is 1.80. The van der Waals surface area contributed by atoms with Crippen LogP contribution in [0.4, 0.5) is 0 Å². The van der Waals surface area contributed by atoms with Gasteiger partial charge in [0.15, 0.2) is 5.82 Å². The SMILES string of the molecule is c1ccc(-n2c3ccccc3n3c4ccc5c6ccccc6n(-c6nccc7c6sc6ccccc67)c5c4nc23)cc1. The Morgan fingerprint density at radius 3 is 2.14 bits per heavy atom. The summed E-state index contributed by atoms with van der Waals surface area (Å²) in [6.07, 6.45) is 1.94. The topological polar surface area (TPSA) is 40.0 Å². The van der Waals surface area contributed by atoms with Crippen molar-refractivity contribution in [2.24, 2.45) is 0 Å². The molecule has 0 spiro atoms. The van der Waals surface area contributed by atoms with E-state index < -0.39 is 0 Å². The Kier molecular flexibility index (Phi) is 4.27. The molecule has 10 rings (SSSR count). The molecule has 0 amide bonds. The fourth-order valence-electron chi connectivity index (χ4n) is 6.76. The molecule has 0 atom stereocenters. The van der Waals surface area contributed by atoms with Crippen molar-refractivity contribution in [1.82, 2.24) is 23.5 Å². The van der Waals surface area contributed by atoms with Gasteiger partial charge in [-0.1, -0.05) is 66.7 Å². The van der Waals surface area contributed by atoms with E-state index in [1.165, 1.54) is 30.9 Å². The molecule has 0 aliphatic rings. The lowest BCUT2D eigenvalue weighted by Crippen LogP contribution is -1.98. The molecule has 42 heavy (non-hydrogen) atoms. The average molecular weight is 556 g/mol. The van der Waals surface area contributed by atoms with Gasteiger partial charge >= 0.3 is 0 Å². The summed E-state index contributed by atoms with van der Waals surface area (Å²) in [6, 6.07) is 42.9. The fraction of sp³-hybridized carbons (Fsp3) is 0. The zero-order valence-corrected chi connectivity index (χ0v) is 23.1. The predicted molar refractivity (Wildman–Crippen MR) is 175 cm³/mol. The van der Waals surface area contributed by atoms with E-state index in [-0.39, 0.29) is 0 Å². The zero-order valence-electron chi connectivity index (χ0n) is 22.3. The van der Waals surface area contributed by atoms with Gasteiger partial charge in [0, 0.05) is 38.1 Å². The van der Waals surface area contributed by atoms with E-state index in [0.717, 1.165) is 50.4 Å². The lowest BCUT2D eigenvalue weighted by atomic mass is 10.1. The third-order valence-electron chi connectivity index (χ3n) is 8.51. The molecule has 0 aliphatic carbocycles. The number of rotatable bonds is 2. The first kappa shape index (κ1) is 22.3. The highest BCUT2D eigenvalue weighted by molar-refractivity contribution is 7.26. The van der Waals surface area contributed by atoms with E-state index >= 15 is 0 Å². The van der Waals surface area contributed by atoms with Gasteiger partial charge in [0.2, 0.25) is 5.78 Å². The molecule has 5 nitrogen and oxygen atoms in total. The summed E-state index contributed by atoms with van der Waals surface area (Å²) < 4.78 is 9.35. The van der Waals surface area contributed by atoms with E-state index in [2.05, 4.69) is 135 Å². The maximum atomic E-state index is 5.44. The van der Waals surface area contributed by atoms with Crippen molar-refractivity contribution in [2.75, 3.05) is 0 Å². The second-order valence-electron chi connectivity index (χ2n) is 10.7. The third-order valence-corrected chi connectivity index (χ3v) is 9.69. The fourth-order valence-corrected chi connectivity index (χ4v) is 7.94. The number of nitrogens with zero attached hydrogens (tertiary/aromatic N) is 5. The lowest BCUT2D eigenvalue weighted by molar-refractivity contribution is 1.10. The standard InChI is InChI=1S/C36H21N5S/c1-2-10-22(11-3-1)39-28-15-7-8-16-29(28)40-30-19-18-25-23-12-4-6-14-27(23)41(33(25)32(30)38-36(39)40)35-34-26(20-21-37-35)24-13-5-9-17-31(24)42-34/h1-21H. The number of pyridine rings is 1. The van der Waals surface area contributed by atoms with E-state index in [9.17, 15) is 0 Å². The summed E-state index contributed by atoms with van der Waals surface area (Å²) in [5.41, 5.74) is 7.61. The first-order chi connectivity index (χ1) is 20.9. The molecule has 0 saturated heterocycles. The number of thiophene rings is 1. The molecule has 0 radical (unpaired) electrons. The quantitative estimate of drug-likeness (QED) is 0.213. The highest BCUT2D eigenvalue weighted by atomic mass is 32.1. The van der Waals surface area contributed by atoms with Gasteiger partial charge in [-0.3, -0.25) is 13.5 Å². The van der Waals surface area contributed by atoms with Crippen LogP contribution < -0.4 is 0 Å². The van der Waals surface area contributed by atoms with Crippen molar-refractivity contribution in [3.63, 3.8) is 0 Å². The van der Waals surface area contributed by atoms with Crippen molar-refractivity contribution in [1.29, 1.82) is 0 Å². The van der Waals surface area contributed by atoms with Crippen LogP contribution in [0.25, 0.3) is 81.3 Å². The Labute approximate surface area is 243 Å². The van der Waals surface area contributed by atoms with Gasteiger partial charge in [-0.05, 0) is 54.6 Å². The largest absolute Gasteiger partial charge is 0.290 e. The Morgan fingerprint density at radius 2 is 1.26 bits per heavy atom. The third kappa shape index (κ3) is 2.77. The summed E-state index contributed by atoms with van der Waals surface area (Å²) in [4.78, 5) is 10.5. The van der Waals surface area contributed by atoms with Crippen LogP contribution >= 0.6 is 11.3 Å². The molecule has 5 heterocycles. The molecule has 0 bridgehead atoms. The smallest absolute Gasteiger partial charge is 0.220 e. The predicted octanol–water partition coefficient (Wildman–Crippen LogP) is 9.29. The number of para-hydroxylation sites is 4. The van der Waals surface area contributed by atoms with Crippen LogP contribution in [0.3, 0.4) is 0 Å². The van der Waals surface area contributed by atoms with Gasteiger partial charge < -0.3 is 0 Å². The van der Waals surface area contributed by atoms with Crippen LogP contribution in [-0.4, -0.2) is 23.5 Å². The molecule has 0 saturated carbocycles. The molecule has 196 valence electrons. The van der Waals surface area contributed by atoms with Crippen molar-refractivity contribution in [3.05, 3.63) is 128 Å². The van der Waals surface area contributed by atoms with Crippen LogP contribution in [0.1, 0.15) is 0 Å². The van der Waals surface area contributed by atoms with E-state index in [0.29, 0.717) is 0 Å². The number of hydrogen-bond donors (Lipinski definition) is 0. The zero-order chi connectivity index (χ0) is 27.4. The van der Waals surface area contributed by atoms with E-state index in [1.54, 1.807) is 11.3 Å². The van der Waals surface area contributed by atoms with Crippen LogP contribution in [0.15, 0.2) is 128 Å². The van der Waals surface area contributed by atoms with Gasteiger partial charge in [-0.15, -0.1) is 11.3 Å². The molecule has 0 N–H and O–H groups in total. The molecule has 6 heteroatoms. The molecule has 5 aromatic carbocycles. The summed E-state index contributed by atoms with van der Waals surface area (Å²) in [5, 5.41) is 4.87. The number of benzene rings is 5. The highest BCUT2D eigenvalue weighted by Crippen LogP contribution is 2.42. The maximum Gasteiger partial charge on any atom is 0.220 e. The second-order valence-corrected chi connectivity index (χ2v) is 11.8. The van der Waals surface area contributed by atoms with Gasteiger partial charge in [0.05, 0.1) is 32.3 Å². The molecule has 0 unspecified atom stereocenters. The average Bonchev–Trinajstić information content (AvgIpc) is 3.78. The second kappa shape index (κ2) is 8.06. The minimum Gasteiger partial charge on any atom is -0.290 e. The Morgan fingerprint density at radius 1 is 0.524 bits per heavy atom. The van der Waals surface area contributed by atoms with E-state index in [4.69, 9.17) is 9.97 Å². The van der Waals surface area contributed by atoms with Crippen molar-refractivity contribution in [3.8, 4) is 11.5 Å². The van der Waals surface area contributed by atoms with Crippen LogP contribution in [0.2, 0.25) is 0 Å². The van der Waals surface area contributed by atoms with Crippen LogP contribution in [0.5, 0.6) is 0 Å². The monoisotopic (exact) mass is 555 g/mol. The summed E-state index contributed by atoms with van der Waals surface area (Å²) in [5.74, 6) is 1.84. The van der Waals surface area contributed by atoms with E-state index in [1.807, 2.05) is 6.20 Å². The lowest BCUT2D eigenvalue weighted by Gasteiger charge is -2.08. The highest BCUT2D eigenvalue weighted by Gasteiger charge is 2.23. The number of hydrogen-bond acceptors (Lipinski definition) is 3. The number of fused-ring (bicyclic) bond motifs is 12. The van der Waals surface area contributed by atoms with Crippen molar-refractivity contribution < 1.29 is 0 Å². The normalized spacial score (nSPS) is 12.3. The summed E-state index contributed by atoms with van der Waals surface area (Å²) in [7, 11) is 0. The Hall–Kier alpha value is -5.46. The van der Waals surface area contributed by atoms with Gasteiger partial charge in [-0.25, -0.2) is 9.97 Å². The number of imidazole rings is 2. The molecular formula is C36H21N5S.